The fourth-order valence-corrected chi connectivity index (χ4v) is 5.05. The number of aliphatic imine (C=N–C) groups is 1. The second-order valence-electron chi connectivity index (χ2n) is 12.3. The molecule has 1 heterocycles. The summed E-state index contributed by atoms with van der Waals surface area (Å²) >= 11 is 1.51. The van der Waals surface area contributed by atoms with Gasteiger partial charge in [0.2, 0.25) is 17.7 Å². The van der Waals surface area contributed by atoms with Gasteiger partial charge in [-0.05, 0) is 82.6 Å². The van der Waals surface area contributed by atoms with E-state index in [9.17, 15) is 24.0 Å². The van der Waals surface area contributed by atoms with Crippen molar-refractivity contribution < 1.29 is 28.3 Å². The molecule has 4 amide bonds. The van der Waals surface area contributed by atoms with Crippen molar-refractivity contribution in [3.05, 3.63) is 40.2 Å². The Hall–Kier alpha value is -4.27. The number of thioether (sulfide) groups is 1. The molecule has 0 aliphatic carbocycles. The second-order valence-corrected chi connectivity index (χ2v) is 13.3. The van der Waals surface area contributed by atoms with Crippen LogP contribution >= 0.6 is 11.8 Å². The summed E-state index contributed by atoms with van der Waals surface area (Å²) < 4.78 is 10.6. The van der Waals surface area contributed by atoms with Crippen LogP contribution in [0.3, 0.4) is 0 Å². The van der Waals surface area contributed by atoms with E-state index in [0.29, 0.717) is 36.3 Å². The number of carbonyl (C=O) groups excluding carboxylic acids is 4. The van der Waals surface area contributed by atoms with E-state index in [0.717, 1.165) is 10.9 Å². The van der Waals surface area contributed by atoms with Crippen molar-refractivity contribution in [3.8, 4) is 0 Å². The van der Waals surface area contributed by atoms with Crippen molar-refractivity contribution in [2.45, 2.75) is 91.0 Å². The van der Waals surface area contributed by atoms with Crippen LogP contribution in [-0.2, 0) is 19.1 Å². The third kappa shape index (κ3) is 13.2. The van der Waals surface area contributed by atoms with Crippen LogP contribution in [0.2, 0.25) is 0 Å². The number of rotatable bonds is 16. The predicted octanol–water partition coefficient (Wildman–Crippen LogP) is 2.76. The van der Waals surface area contributed by atoms with Crippen LogP contribution in [0.15, 0.2) is 38.5 Å². The molecule has 0 fully saturated rings. The summed E-state index contributed by atoms with van der Waals surface area (Å²) in [5.41, 5.74) is 11.0. The van der Waals surface area contributed by atoms with Crippen LogP contribution in [0.5, 0.6) is 0 Å². The fraction of sp³-hybridized carbons (Fsp3) is 0.562. The van der Waals surface area contributed by atoms with Gasteiger partial charge < -0.3 is 41.9 Å². The number of nitrogens with two attached hydrogens (primary N) is 2. The van der Waals surface area contributed by atoms with Crippen LogP contribution in [-0.4, -0.2) is 72.1 Å². The number of benzene rings is 1. The molecule has 0 aliphatic heterocycles. The van der Waals surface area contributed by atoms with Crippen molar-refractivity contribution in [1.82, 2.24) is 16.0 Å². The number of nitrogens with zero attached hydrogens (tertiary/aromatic N) is 1. The first-order valence-electron chi connectivity index (χ1n) is 15.5. The minimum absolute atomic E-state index is 0.0954. The molecule has 4 atom stereocenters. The molecule has 0 radical (unpaired) electrons. The number of amides is 4. The average Bonchev–Trinajstić information content (AvgIpc) is 2.97. The van der Waals surface area contributed by atoms with Gasteiger partial charge in [0.1, 0.15) is 29.3 Å². The first-order chi connectivity index (χ1) is 22.0. The highest BCUT2D eigenvalue weighted by Gasteiger charge is 2.33. The van der Waals surface area contributed by atoms with Crippen molar-refractivity contribution in [2.75, 3.05) is 23.9 Å². The number of hydrogen-bond donors (Lipinski definition) is 6. The molecule has 2 aromatic rings. The van der Waals surface area contributed by atoms with Gasteiger partial charge in [-0.3, -0.25) is 19.4 Å². The Bertz CT molecular complexity index is 1480. The Balaban J connectivity index is 2.25. The summed E-state index contributed by atoms with van der Waals surface area (Å²) in [5.74, 6) is -1.46. The number of carbonyl (C=O) groups is 4. The fourth-order valence-electron chi connectivity index (χ4n) is 4.58. The lowest BCUT2D eigenvalue weighted by molar-refractivity contribution is -0.133. The maximum absolute atomic E-state index is 13.7. The van der Waals surface area contributed by atoms with E-state index < -0.39 is 53.2 Å². The van der Waals surface area contributed by atoms with E-state index in [1.54, 1.807) is 52.8 Å². The van der Waals surface area contributed by atoms with Crippen molar-refractivity contribution >= 4 is 58.2 Å². The zero-order valence-electron chi connectivity index (χ0n) is 28.2. The molecule has 8 N–H and O–H groups in total. The van der Waals surface area contributed by atoms with Crippen molar-refractivity contribution in [1.29, 1.82) is 0 Å². The van der Waals surface area contributed by atoms with Gasteiger partial charge in [-0.25, -0.2) is 9.59 Å². The topological polar surface area (TPSA) is 220 Å². The number of aryl methyl sites for hydroxylation is 1. The highest BCUT2D eigenvalue weighted by Crippen LogP contribution is 2.21. The third-order valence-corrected chi connectivity index (χ3v) is 7.85. The number of guanidine groups is 1. The van der Waals surface area contributed by atoms with E-state index in [1.165, 1.54) is 17.8 Å². The summed E-state index contributed by atoms with van der Waals surface area (Å²) in [6.45, 7) is 10.8. The number of hydrogen-bond acceptors (Lipinski definition) is 9. The maximum atomic E-state index is 13.7. The Kier molecular flexibility index (Phi) is 15.0. The van der Waals surface area contributed by atoms with Crippen LogP contribution in [0.4, 0.5) is 10.5 Å². The lowest BCUT2D eigenvalue weighted by Crippen LogP contribution is -2.58. The maximum Gasteiger partial charge on any atom is 0.408 e. The van der Waals surface area contributed by atoms with E-state index in [-0.39, 0.29) is 24.8 Å². The van der Waals surface area contributed by atoms with E-state index in [2.05, 4.69) is 26.3 Å². The number of fused-ring (bicyclic) bond motifs is 1. The van der Waals surface area contributed by atoms with Crippen LogP contribution in [0, 0.1) is 12.8 Å². The van der Waals surface area contributed by atoms with Gasteiger partial charge in [0.25, 0.3) is 0 Å². The number of nitrogens with one attached hydrogen (secondary N) is 4. The second kappa shape index (κ2) is 18.2. The Labute approximate surface area is 279 Å². The molecule has 0 unspecified atom stereocenters. The van der Waals surface area contributed by atoms with Gasteiger partial charge in [0.05, 0.1) is 0 Å². The van der Waals surface area contributed by atoms with E-state index in [1.807, 2.05) is 13.2 Å². The Morgan fingerprint density at radius 3 is 2.30 bits per heavy atom. The largest absolute Gasteiger partial charge is 0.444 e. The van der Waals surface area contributed by atoms with Gasteiger partial charge >= 0.3 is 11.7 Å². The molecule has 0 saturated carbocycles. The zero-order chi connectivity index (χ0) is 35.3. The van der Waals surface area contributed by atoms with E-state index >= 15 is 0 Å². The molecule has 260 valence electrons. The van der Waals surface area contributed by atoms with Gasteiger partial charge in [-0.15, -0.1) is 0 Å². The Morgan fingerprint density at radius 2 is 1.68 bits per heavy atom. The van der Waals surface area contributed by atoms with Crippen LogP contribution in [0.1, 0.15) is 65.9 Å². The zero-order valence-corrected chi connectivity index (χ0v) is 29.0. The molecule has 0 aliphatic rings. The molecule has 2 rings (SSSR count). The molecule has 1 aromatic heterocycles. The normalized spacial score (nSPS) is 13.9. The monoisotopic (exact) mass is 675 g/mol. The molecule has 0 bridgehead atoms. The van der Waals surface area contributed by atoms with Crippen LogP contribution in [0.25, 0.3) is 11.0 Å². The molecule has 0 saturated heterocycles. The van der Waals surface area contributed by atoms with Gasteiger partial charge in [0.15, 0.2) is 5.96 Å². The van der Waals surface area contributed by atoms with Gasteiger partial charge in [0, 0.05) is 29.8 Å². The number of alkyl carbamates (subject to hydrolysis) is 1. The number of ether oxygens (including phenoxy) is 1. The smallest absolute Gasteiger partial charge is 0.408 e. The highest BCUT2D eigenvalue weighted by atomic mass is 32.2. The van der Waals surface area contributed by atoms with Gasteiger partial charge in [-0.2, -0.15) is 11.8 Å². The minimum Gasteiger partial charge on any atom is -0.444 e. The molecule has 47 heavy (non-hydrogen) atoms. The standard InChI is InChI=1S/C32H49N7O7S/c1-8-18(2)26(39-28(42)22(10-9-14-35-30(33)34)38-31(44)46-32(4,5)6)29(43)37-23(13-15-47-7)27(41)36-20-11-12-21-19(3)16-25(40)45-24(21)17-20/h11-12,16-18,22-23,26H,8-10,13-15H2,1-7H3,(H,36,41)(H,37,43)(H,38,44)(H,39,42)(H4,33,34,35)/t18-,22-,23-,26-/m0/s1. The minimum atomic E-state index is -1.05. The summed E-state index contributed by atoms with van der Waals surface area (Å²) in [7, 11) is 0. The summed E-state index contributed by atoms with van der Waals surface area (Å²) in [4.78, 5) is 69.1. The predicted molar refractivity (Wildman–Crippen MR) is 185 cm³/mol. The van der Waals surface area contributed by atoms with Crippen LogP contribution < -0.4 is 38.4 Å². The first kappa shape index (κ1) is 38.9. The highest BCUT2D eigenvalue weighted by molar-refractivity contribution is 7.98. The molecular weight excluding hydrogens is 626 g/mol. The van der Waals surface area contributed by atoms with Crippen molar-refractivity contribution in [3.63, 3.8) is 0 Å². The third-order valence-electron chi connectivity index (χ3n) is 7.21. The molecule has 1 aromatic carbocycles. The molecule has 0 spiro atoms. The first-order valence-corrected chi connectivity index (χ1v) is 16.9. The van der Waals surface area contributed by atoms with Crippen molar-refractivity contribution in [2.24, 2.45) is 22.4 Å². The SMILES string of the molecule is CC[C@H](C)[C@H](NC(=O)[C@H](CCCN=C(N)N)NC(=O)OC(C)(C)C)C(=O)N[C@@H](CCSC)C(=O)Nc1ccc2c(C)cc(=O)oc2c1. The molecule has 14 nitrogen and oxygen atoms in total. The summed E-state index contributed by atoms with van der Waals surface area (Å²) in [5, 5.41) is 11.7. The summed E-state index contributed by atoms with van der Waals surface area (Å²) in [6.07, 6.45) is 2.48. The lowest BCUT2D eigenvalue weighted by Gasteiger charge is -2.29. The molecular formula is C32H49N7O7S. The average molecular weight is 676 g/mol. The summed E-state index contributed by atoms with van der Waals surface area (Å²) in [6, 6.07) is 3.38. The lowest BCUT2D eigenvalue weighted by atomic mass is 9.97. The van der Waals surface area contributed by atoms with Gasteiger partial charge in [-0.1, -0.05) is 20.3 Å². The quantitative estimate of drug-likeness (QED) is 0.0661. The Morgan fingerprint density at radius 1 is 1.00 bits per heavy atom. The van der Waals surface area contributed by atoms with E-state index in [4.69, 9.17) is 20.6 Å². The number of anilines is 1. The molecule has 15 heteroatoms.